The van der Waals surface area contributed by atoms with E-state index in [9.17, 15) is 0 Å². The Kier molecular flexibility index (Phi) is 3.56. The highest BCUT2D eigenvalue weighted by atomic mass is 35.5. The van der Waals surface area contributed by atoms with E-state index in [1.807, 2.05) is 36.4 Å². The predicted molar refractivity (Wildman–Crippen MR) is 70.2 cm³/mol. The van der Waals surface area contributed by atoms with Crippen molar-refractivity contribution in [2.75, 3.05) is 0 Å². The largest absolute Gasteiger partial charge is 0.452 e. The summed E-state index contributed by atoms with van der Waals surface area (Å²) in [5.74, 6) is 8.08. The monoisotopic (exact) mass is 244 g/mol. The summed E-state index contributed by atoms with van der Waals surface area (Å²) >= 11 is 5.80. The second kappa shape index (κ2) is 5.12. The van der Waals surface area contributed by atoms with Crippen LogP contribution in [0.4, 0.5) is 0 Å². The fourth-order valence-corrected chi connectivity index (χ4v) is 1.52. The average molecular weight is 245 g/mol. The molecule has 0 N–H and O–H groups in total. The Morgan fingerprint density at radius 1 is 1.00 bits per heavy atom. The molecule has 0 saturated heterocycles. The molecule has 2 aromatic rings. The van der Waals surface area contributed by atoms with Crippen LogP contribution in [0, 0.1) is 11.8 Å². The van der Waals surface area contributed by atoms with Gasteiger partial charge in [-0.25, -0.2) is 0 Å². The second-order valence-corrected chi connectivity index (χ2v) is 4.55. The van der Waals surface area contributed by atoms with E-state index in [0.29, 0.717) is 11.7 Å². The zero-order valence-electron chi connectivity index (χ0n) is 9.83. The van der Waals surface area contributed by atoms with Crippen LogP contribution >= 0.6 is 11.6 Å². The summed E-state index contributed by atoms with van der Waals surface area (Å²) in [6.07, 6.45) is 0. The van der Waals surface area contributed by atoms with Crippen LogP contribution in [0.3, 0.4) is 0 Å². The number of halogens is 1. The lowest BCUT2D eigenvalue weighted by atomic mass is 10.2. The molecule has 0 aliphatic heterocycles. The van der Waals surface area contributed by atoms with Gasteiger partial charge in [0.25, 0.3) is 0 Å². The zero-order valence-corrected chi connectivity index (χ0v) is 10.6. The van der Waals surface area contributed by atoms with Crippen LogP contribution in [0.25, 0.3) is 0 Å². The van der Waals surface area contributed by atoms with Crippen LogP contribution < -0.4 is 0 Å². The van der Waals surface area contributed by atoms with Gasteiger partial charge in [0.05, 0.1) is 0 Å². The van der Waals surface area contributed by atoms with Gasteiger partial charge in [0.1, 0.15) is 5.76 Å². The maximum absolute atomic E-state index is 5.80. The minimum atomic E-state index is 0.390. The van der Waals surface area contributed by atoms with Gasteiger partial charge in [-0.1, -0.05) is 31.4 Å². The number of hydrogen-bond donors (Lipinski definition) is 0. The first-order valence-corrected chi connectivity index (χ1v) is 5.90. The van der Waals surface area contributed by atoms with E-state index in [2.05, 4.69) is 25.7 Å². The zero-order chi connectivity index (χ0) is 12.3. The molecule has 0 radical (unpaired) electrons. The molecule has 0 fully saturated rings. The summed E-state index contributed by atoms with van der Waals surface area (Å²) in [4.78, 5) is 0. The molecule has 0 unspecified atom stereocenters. The van der Waals surface area contributed by atoms with E-state index < -0.39 is 0 Å². The fraction of sp³-hybridized carbons (Fsp3) is 0.200. The highest BCUT2D eigenvalue weighted by Gasteiger charge is 2.03. The molecule has 1 heterocycles. The molecule has 0 aliphatic carbocycles. The van der Waals surface area contributed by atoms with Gasteiger partial charge in [-0.05, 0) is 42.3 Å². The summed E-state index contributed by atoms with van der Waals surface area (Å²) in [7, 11) is 0. The molecule has 0 amide bonds. The molecule has 0 atom stereocenters. The van der Waals surface area contributed by atoms with Crippen molar-refractivity contribution in [1.29, 1.82) is 0 Å². The van der Waals surface area contributed by atoms with Crippen LogP contribution in [0.1, 0.15) is 36.8 Å². The van der Waals surface area contributed by atoms with Crippen molar-refractivity contribution in [3.63, 3.8) is 0 Å². The number of furan rings is 1. The molecule has 86 valence electrons. The van der Waals surface area contributed by atoms with Crippen LogP contribution in [0.2, 0.25) is 5.02 Å². The summed E-state index contributed by atoms with van der Waals surface area (Å²) < 4.78 is 5.59. The smallest absolute Gasteiger partial charge is 0.177 e. The lowest BCUT2D eigenvalue weighted by Crippen LogP contribution is -1.80. The summed E-state index contributed by atoms with van der Waals surface area (Å²) in [5.41, 5.74) is 0.928. The van der Waals surface area contributed by atoms with Crippen LogP contribution in [0.15, 0.2) is 40.8 Å². The van der Waals surface area contributed by atoms with E-state index in [1.165, 1.54) is 0 Å². The predicted octanol–water partition coefficient (Wildman–Crippen LogP) is 4.46. The van der Waals surface area contributed by atoms with E-state index in [0.717, 1.165) is 16.3 Å². The van der Waals surface area contributed by atoms with Gasteiger partial charge < -0.3 is 4.42 Å². The van der Waals surface area contributed by atoms with E-state index >= 15 is 0 Å². The molecule has 17 heavy (non-hydrogen) atoms. The van der Waals surface area contributed by atoms with Gasteiger partial charge >= 0.3 is 0 Å². The Balaban J connectivity index is 2.18. The standard InChI is InChI=1S/C15H13ClO/c1-11(2)15-10-9-14(17-15)8-5-12-3-6-13(16)7-4-12/h3-4,6-7,9-11H,1-2H3. The van der Waals surface area contributed by atoms with Crippen molar-refractivity contribution in [3.05, 3.63) is 58.5 Å². The van der Waals surface area contributed by atoms with Crippen LogP contribution in [-0.2, 0) is 0 Å². The third-order valence-electron chi connectivity index (χ3n) is 2.37. The Morgan fingerprint density at radius 3 is 2.29 bits per heavy atom. The van der Waals surface area contributed by atoms with Gasteiger partial charge in [-0.3, -0.25) is 0 Å². The van der Waals surface area contributed by atoms with E-state index in [4.69, 9.17) is 16.0 Å². The van der Waals surface area contributed by atoms with Crippen LogP contribution in [0.5, 0.6) is 0 Å². The van der Waals surface area contributed by atoms with Gasteiger partial charge in [0, 0.05) is 16.5 Å². The van der Waals surface area contributed by atoms with Gasteiger partial charge in [0.15, 0.2) is 5.76 Å². The summed E-state index contributed by atoms with van der Waals surface area (Å²) in [6.45, 7) is 4.18. The normalized spacial score (nSPS) is 10.1. The van der Waals surface area contributed by atoms with Crippen molar-refractivity contribution in [2.45, 2.75) is 19.8 Å². The molecular formula is C15H13ClO. The lowest BCUT2D eigenvalue weighted by molar-refractivity contribution is 0.478. The number of hydrogen-bond acceptors (Lipinski definition) is 1. The van der Waals surface area contributed by atoms with Crippen molar-refractivity contribution in [2.24, 2.45) is 0 Å². The third kappa shape index (κ3) is 3.15. The Bertz CT molecular complexity index is 553. The van der Waals surface area contributed by atoms with Gasteiger partial charge in [-0.2, -0.15) is 0 Å². The molecule has 0 bridgehead atoms. The highest BCUT2D eigenvalue weighted by Crippen LogP contribution is 2.17. The molecule has 0 spiro atoms. The molecular weight excluding hydrogens is 232 g/mol. The lowest BCUT2D eigenvalue weighted by Gasteiger charge is -1.96. The first kappa shape index (κ1) is 11.8. The third-order valence-corrected chi connectivity index (χ3v) is 2.62. The van der Waals surface area contributed by atoms with Gasteiger partial charge in [0.2, 0.25) is 0 Å². The van der Waals surface area contributed by atoms with Crippen molar-refractivity contribution in [3.8, 4) is 11.8 Å². The molecule has 1 aromatic heterocycles. The number of benzene rings is 1. The SMILES string of the molecule is CC(C)c1ccc(C#Cc2ccc(Cl)cc2)o1. The summed E-state index contributed by atoms with van der Waals surface area (Å²) in [6, 6.07) is 11.3. The second-order valence-electron chi connectivity index (χ2n) is 4.11. The molecule has 2 rings (SSSR count). The maximum Gasteiger partial charge on any atom is 0.177 e. The first-order chi connectivity index (χ1) is 8.15. The average Bonchev–Trinajstić information content (AvgIpc) is 2.77. The first-order valence-electron chi connectivity index (χ1n) is 5.52. The quantitative estimate of drug-likeness (QED) is 0.676. The van der Waals surface area contributed by atoms with Crippen molar-refractivity contribution in [1.82, 2.24) is 0 Å². The van der Waals surface area contributed by atoms with Crippen LogP contribution in [-0.4, -0.2) is 0 Å². The Labute approximate surface area is 106 Å². The van der Waals surface area contributed by atoms with Crippen molar-refractivity contribution >= 4 is 11.6 Å². The fourth-order valence-electron chi connectivity index (χ4n) is 1.40. The summed E-state index contributed by atoms with van der Waals surface area (Å²) in [5, 5.41) is 0.718. The Hall–Kier alpha value is -1.65. The minimum Gasteiger partial charge on any atom is -0.452 e. The van der Waals surface area contributed by atoms with E-state index in [-0.39, 0.29) is 0 Å². The minimum absolute atomic E-state index is 0.390. The van der Waals surface area contributed by atoms with Crippen molar-refractivity contribution < 1.29 is 4.42 Å². The molecule has 0 aliphatic rings. The topological polar surface area (TPSA) is 13.1 Å². The van der Waals surface area contributed by atoms with Gasteiger partial charge in [-0.15, -0.1) is 0 Å². The number of rotatable bonds is 1. The molecule has 1 nitrogen and oxygen atoms in total. The van der Waals surface area contributed by atoms with E-state index in [1.54, 1.807) is 0 Å². The highest BCUT2D eigenvalue weighted by molar-refractivity contribution is 6.30. The molecule has 0 saturated carbocycles. The Morgan fingerprint density at radius 2 is 1.71 bits per heavy atom. The molecule has 1 aromatic carbocycles. The maximum atomic E-state index is 5.80. The molecule has 2 heteroatoms.